The Kier molecular flexibility index (Phi) is 6.63. The fourth-order valence-corrected chi connectivity index (χ4v) is 4.18. The van der Waals surface area contributed by atoms with E-state index in [-0.39, 0.29) is 0 Å². The van der Waals surface area contributed by atoms with Gasteiger partial charge in [-0.25, -0.2) is 0 Å². The molecule has 150 valence electrons. The topological polar surface area (TPSA) is 21.3 Å². The van der Waals surface area contributed by atoms with Crippen LogP contribution in [0.5, 0.6) is 11.5 Å². The number of nitrogens with one attached hydrogen (secondary N) is 1. The van der Waals surface area contributed by atoms with Gasteiger partial charge in [-0.3, -0.25) is 0 Å². The normalized spacial score (nSPS) is 18.9. The SMILES string of the molecule is CCC(CCNCC1CC1c1ccccc1)c1ccc(Oc2ccccc2)cc1. The van der Waals surface area contributed by atoms with E-state index in [4.69, 9.17) is 4.74 Å². The Morgan fingerprint density at radius 2 is 1.52 bits per heavy atom. The van der Waals surface area contributed by atoms with Gasteiger partial charge in [0.05, 0.1) is 0 Å². The average molecular weight is 386 g/mol. The van der Waals surface area contributed by atoms with Gasteiger partial charge in [-0.05, 0) is 85.5 Å². The molecule has 0 radical (unpaired) electrons. The van der Waals surface area contributed by atoms with E-state index in [1.165, 1.54) is 24.0 Å². The summed E-state index contributed by atoms with van der Waals surface area (Å²) in [5.41, 5.74) is 2.91. The molecule has 3 atom stereocenters. The third-order valence-electron chi connectivity index (χ3n) is 6.05. The molecule has 1 saturated carbocycles. The second-order valence-electron chi connectivity index (χ2n) is 8.10. The van der Waals surface area contributed by atoms with Crippen LogP contribution in [0.15, 0.2) is 84.9 Å². The molecule has 1 aliphatic rings. The molecule has 2 heteroatoms. The molecule has 1 aliphatic carbocycles. The summed E-state index contributed by atoms with van der Waals surface area (Å²) in [6.45, 7) is 4.50. The van der Waals surface area contributed by atoms with Crippen molar-refractivity contribution in [3.05, 3.63) is 96.1 Å². The smallest absolute Gasteiger partial charge is 0.127 e. The van der Waals surface area contributed by atoms with E-state index < -0.39 is 0 Å². The minimum atomic E-state index is 0.595. The first-order valence-corrected chi connectivity index (χ1v) is 10.9. The van der Waals surface area contributed by atoms with Gasteiger partial charge in [0.15, 0.2) is 0 Å². The third kappa shape index (κ3) is 5.48. The maximum absolute atomic E-state index is 5.91. The summed E-state index contributed by atoms with van der Waals surface area (Å²) in [6.07, 6.45) is 3.67. The Balaban J connectivity index is 1.21. The van der Waals surface area contributed by atoms with E-state index in [2.05, 4.69) is 66.8 Å². The van der Waals surface area contributed by atoms with Crippen molar-refractivity contribution in [2.45, 2.75) is 38.0 Å². The average Bonchev–Trinajstić information content (AvgIpc) is 3.56. The molecule has 1 fully saturated rings. The van der Waals surface area contributed by atoms with Gasteiger partial charge >= 0.3 is 0 Å². The fourth-order valence-electron chi connectivity index (χ4n) is 4.18. The Labute approximate surface area is 174 Å². The maximum atomic E-state index is 5.91. The van der Waals surface area contributed by atoms with Gasteiger partial charge in [0, 0.05) is 0 Å². The van der Waals surface area contributed by atoms with Gasteiger partial charge in [0.25, 0.3) is 0 Å². The van der Waals surface area contributed by atoms with Gasteiger partial charge in [-0.15, -0.1) is 0 Å². The van der Waals surface area contributed by atoms with Crippen molar-refractivity contribution in [3.8, 4) is 11.5 Å². The highest BCUT2D eigenvalue weighted by molar-refractivity contribution is 5.34. The van der Waals surface area contributed by atoms with Crippen molar-refractivity contribution >= 4 is 0 Å². The molecule has 0 aromatic heterocycles. The molecule has 0 saturated heterocycles. The number of rotatable bonds is 10. The number of hydrogen-bond acceptors (Lipinski definition) is 2. The molecule has 0 heterocycles. The Morgan fingerprint density at radius 3 is 2.21 bits per heavy atom. The van der Waals surface area contributed by atoms with Gasteiger partial charge in [0.2, 0.25) is 0 Å². The summed E-state index contributed by atoms with van der Waals surface area (Å²) >= 11 is 0. The lowest BCUT2D eigenvalue weighted by molar-refractivity contribution is 0.481. The Morgan fingerprint density at radius 1 is 0.862 bits per heavy atom. The van der Waals surface area contributed by atoms with Crippen LogP contribution in [-0.2, 0) is 0 Å². The number of para-hydroxylation sites is 1. The van der Waals surface area contributed by atoms with E-state index in [0.717, 1.165) is 42.8 Å². The molecular weight excluding hydrogens is 354 g/mol. The number of benzene rings is 3. The minimum Gasteiger partial charge on any atom is -0.457 e. The zero-order valence-electron chi connectivity index (χ0n) is 17.3. The van der Waals surface area contributed by atoms with Crippen molar-refractivity contribution in [1.29, 1.82) is 0 Å². The number of ether oxygens (including phenoxy) is 1. The molecule has 0 amide bonds. The lowest BCUT2D eigenvalue weighted by Crippen LogP contribution is -2.20. The molecule has 3 aromatic rings. The van der Waals surface area contributed by atoms with Crippen LogP contribution in [-0.4, -0.2) is 13.1 Å². The highest BCUT2D eigenvalue weighted by Gasteiger charge is 2.37. The van der Waals surface area contributed by atoms with Gasteiger partial charge in [0.1, 0.15) is 11.5 Å². The summed E-state index contributed by atoms with van der Waals surface area (Å²) in [6, 6.07) is 29.5. The van der Waals surface area contributed by atoms with Crippen LogP contribution in [0.25, 0.3) is 0 Å². The predicted octanol–water partition coefficient (Wildman–Crippen LogP) is 6.76. The molecule has 2 nitrogen and oxygen atoms in total. The molecule has 3 unspecified atom stereocenters. The van der Waals surface area contributed by atoms with Crippen LogP contribution in [0.1, 0.15) is 49.1 Å². The molecule has 0 spiro atoms. The lowest BCUT2D eigenvalue weighted by atomic mass is 9.93. The molecule has 1 N–H and O–H groups in total. The fraction of sp³-hybridized carbons (Fsp3) is 0.333. The zero-order valence-corrected chi connectivity index (χ0v) is 17.3. The molecule has 4 rings (SSSR count). The van der Waals surface area contributed by atoms with Gasteiger partial charge in [-0.2, -0.15) is 0 Å². The van der Waals surface area contributed by atoms with Crippen molar-refractivity contribution < 1.29 is 4.74 Å². The highest BCUT2D eigenvalue weighted by atomic mass is 16.5. The second kappa shape index (κ2) is 9.76. The Hall–Kier alpha value is -2.58. The summed E-state index contributed by atoms with van der Waals surface area (Å²) < 4.78 is 5.91. The van der Waals surface area contributed by atoms with Crippen LogP contribution < -0.4 is 10.1 Å². The monoisotopic (exact) mass is 385 g/mol. The summed E-state index contributed by atoms with van der Waals surface area (Å²) in [7, 11) is 0. The van der Waals surface area contributed by atoms with E-state index >= 15 is 0 Å². The first-order valence-electron chi connectivity index (χ1n) is 10.9. The van der Waals surface area contributed by atoms with Crippen molar-refractivity contribution in [2.24, 2.45) is 5.92 Å². The first-order chi connectivity index (χ1) is 14.3. The summed E-state index contributed by atoms with van der Waals surface area (Å²) in [5, 5.41) is 3.70. The largest absolute Gasteiger partial charge is 0.457 e. The highest BCUT2D eigenvalue weighted by Crippen LogP contribution is 2.46. The van der Waals surface area contributed by atoms with Crippen LogP contribution in [0, 0.1) is 5.92 Å². The first kappa shape index (κ1) is 19.7. The maximum Gasteiger partial charge on any atom is 0.127 e. The van der Waals surface area contributed by atoms with Gasteiger partial charge < -0.3 is 10.1 Å². The molecule has 3 aromatic carbocycles. The minimum absolute atomic E-state index is 0.595. The van der Waals surface area contributed by atoms with Crippen molar-refractivity contribution in [1.82, 2.24) is 5.32 Å². The van der Waals surface area contributed by atoms with Crippen molar-refractivity contribution in [3.63, 3.8) is 0 Å². The van der Waals surface area contributed by atoms with E-state index in [0.29, 0.717) is 5.92 Å². The second-order valence-corrected chi connectivity index (χ2v) is 8.10. The standard InChI is InChI=1S/C27H31NO/c1-2-21(17-18-28-20-24-19-27(24)23-9-5-3-6-10-23)22-13-15-26(16-14-22)29-25-11-7-4-8-12-25/h3-16,21,24,27-28H,2,17-20H2,1H3. The van der Waals surface area contributed by atoms with Crippen LogP contribution >= 0.6 is 0 Å². The van der Waals surface area contributed by atoms with Crippen LogP contribution in [0.3, 0.4) is 0 Å². The molecule has 29 heavy (non-hydrogen) atoms. The van der Waals surface area contributed by atoms with E-state index in [9.17, 15) is 0 Å². The zero-order chi connectivity index (χ0) is 19.9. The lowest BCUT2D eigenvalue weighted by Gasteiger charge is -2.16. The molecule has 0 bridgehead atoms. The third-order valence-corrected chi connectivity index (χ3v) is 6.05. The van der Waals surface area contributed by atoms with E-state index in [1.54, 1.807) is 0 Å². The molecule has 0 aliphatic heterocycles. The number of hydrogen-bond donors (Lipinski definition) is 1. The Bertz CT molecular complexity index is 860. The summed E-state index contributed by atoms with van der Waals surface area (Å²) in [4.78, 5) is 0. The van der Waals surface area contributed by atoms with Gasteiger partial charge in [-0.1, -0.05) is 67.6 Å². The predicted molar refractivity (Wildman–Crippen MR) is 121 cm³/mol. The van der Waals surface area contributed by atoms with Crippen LogP contribution in [0.4, 0.5) is 0 Å². The summed E-state index contributed by atoms with van der Waals surface area (Å²) in [5.74, 6) is 3.95. The van der Waals surface area contributed by atoms with E-state index in [1.807, 2.05) is 30.3 Å². The molecular formula is C27H31NO. The van der Waals surface area contributed by atoms with Crippen LogP contribution in [0.2, 0.25) is 0 Å². The quantitative estimate of drug-likeness (QED) is 0.389. The van der Waals surface area contributed by atoms with Crippen molar-refractivity contribution in [2.75, 3.05) is 13.1 Å².